The van der Waals surface area contributed by atoms with Crippen molar-refractivity contribution in [3.05, 3.63) is 62.9 Å². The molecular formula is C25H36O3S. The molecule has 0 aliphatic rings. The molecule has 1 aromatic carbocycles. The fourth-order valence-corrected chi connectivity index (χ4v) is 4.58. The molecule has 0 bridgehead atoms. The molecule has 29 heavy (non-hydrogen) atoms. The monoisotopic (exact) mass is 416 g/mol. The van der Waals surface area contributed by atoms with E-state index in [0.29, 0.717) is 0 Å². The Morgan fingerprint density at radius 3 is 2.34 bits per heavy atom. The highest BCUT2D eigenvalue weighted by atomic mass is 32.1. The van der Waals surface area contributed by atoms with Gasteiger partial charge in [-0.15, -0.1) is 11.3 Å². The fraction of sp³-hybridized carbons (Fsp3) is 0.520. The van der Waals surface area contributed by atoms with Gasteiger partial charge in [-0.25, -0.2) is 0 Å². The molecule has 3 nitrogen and oxygen atoms in total. The predicted octanol–water partition coefficient (Wildman–Crippen LogP) is 5.64. The number of thiophene rings is 1. The number of rotatable bonds is 12. The average molecular weight is 417 g/mol. The molecule has 0 fully saturated rings. The van der Waals surface area contributed by atoms with Crippen LogP contribution in [-0.2, 0) is 26.1 Å². The van der Waals surface area contributed by atoms with E-state index in [0.717, 1.165) is 56.1 Å². The van der Waals surface area contributed by atoms with Crippen molar-refractivity contribution in [3.63, 3.8) is 0 Å². The van der Waals surface area contributed by atoms with Gasteiger partial charge in [0, 0.05) is 4.88 Å². The van der Waals surface area contributed by atoms with E-state index in [4.69, 9.17) is 0 Å². The van der Waals surface area contributed by atoms with E-state index in [1.165, 1.54) is 21.6 Å². The smallest absolute Gasteiger partial charge is 0.0685 e. The average Bonchev–Trinajstić information content (AvgIpc) is 3.23. The Hall–Kier alpha value is -1.46. The van der Waals surface area contributed by atoms with E-state index in [1.54, 1.807) is 11.3 Å². The summed E-state index contributed by atoms with van der Waals surface area (Å²) < 4.78 is 0. The van der Waals surface area contributed by atoms with E-state index in [1.807, 2.05) is 18.2 Å². The van der Waals surface area contributed by atoms with Gasteiger partial charge in [0.15, 0.2) is 0 Å². The maximum atomic E-state index is 10.5. The normalized spacial score (nSPS) is 12.6. The highest BCUT2D eigenvalue weighted by Crippen LogP contribution is 2.28. The third kappa shape index (κ3) is 6.78. The van der Waals surface area contributed by atoms with Crippen LogP contribution in [0, 0.1) is 0 Å². The Bertz CT molecular complexity index is 787. The minimum absolute atomic E-state index is 0.0372. The lowest BCUT2D eigenvalue weighted by Crippen LogP contribution is -2.25. The summed E-state index contributed by atoms with van der Waals surface area (Å²) in [5, 5.41) is 31.5. The van der Waals surface area contributed by atoms with Gasteiger partial charge in [0.05, 0.1) is 18.8 Å². The zero-order chi connectivity index (χ0) is 21.3. The zero-order valence-corrected chi connectivity index (χ0v) is 18.9. The Kier molecular flexibility index (Phi) is 9.57. The van der Waals surface area contributed by atoms with Gasteiger partial charge in [-0.3, -0.25) is 0 Å². The fourth-order valence-electron chi connectivity index (χ4n) is 3.67. The lowest BCUT2D eigenvalue weighted by atomic mass is 9.91. The molecule has 0 amide bonds. The van der Waals surface area contributed by atoms with E-state index >= 15 is 0 Å². The van der Waals surface area contributed by atoms with E-state index in [9.17, 15) is 15.3 Å². The largest absolute Gasteiger partial charge is 0.392 e. The number of aryl methyl sites for hydroxylation is 2. The molecule has 2 rings (SSSR count). The van der Waals surface area contributed by atoms with Gasteiger partial charge in [-0.1, -0.05) is 45.0 Å². The summed E-state index contributed by atoms with van der Waals surface area (Å²) in [6.07, 6.45) is 8.52. The Balaban J connectivity index is 1.99. The first-order valence-electron chi connectivity index (χ1n) is 10.8. The number of aliphatic hydroxyl groups is 3. The number of aliphatic hydroxyl groups excluding tert-OH is 2. The van der Waals surface area contributed by atoms with Gasteiger partial charge >= 0.3 is 0 Å². The molecule has 2 aromatic rings. The number of hydrogen-bond acceptors (Lipinski definition) is 4. The van der Waals surface area contributed by atoms with Crippen LogP contribution in [0.1, 0.15) is 80.0 Å². The predicted molar refractivity (Wildman–Crippen MR) is 123 cm³/mol. The summed E-state index contributed by atoms with van der Waals surface area (Å²) in [6.45, 7) is 6.22. The van der Waals surface area contributed by atoms with Crippen LogP contribution in [0.2, 0.25) is 0 Å². The van der Waals surface area contributed by atoms with Crippen LogP contribution in [0.4, 0.5) is 0 Å². The van der Waals surface area contributed by atoms with Crippen LogP contribution >= 0.6 is 11.3 Å². The minimum atomic E-state index is -0.534. The van der Waals surface area contributed by atoms with Crippen molar-refractivity contribution in [2.75, 3.05) is 0 Å². The molecule has 0 aliphatic heterocycles. The van der Waals surface area contributed by atoms with Crippen molar-refractivity contribution in [1.82, 2.24) is 0 Å². The maximum absolute atomic E-state index is 10.5. The van der Waals surface area contributed by atoms with Crippen molar-refractivity contribution in [1.29, 1.82) is 0 Å². The quantitative estimate of drug-likeness (QED) is 0.419. The SMILES string of the molecule is CC/C(=C\CCC(O)(CC)CC)c1csc(CCc2ccc(CO)c(CO)c2)c1. The number of hydrogen-bond donors (Lipinski definition) is 3. The third-order valence-electron chi connectivity index (χ3n) is 5.99. The van der Waals surface area contributed by atoms with Crippen molar-refractivity contribution in [3.8, 4) is 0 Å². The van der Waals surface area contributed by atoms with Crippen LogP contribution in [0.3, 0.4) is 0 Å². The lowest BCUT2D eigenvalue weighted by Gasteiger charge is -2.24. The van der Waals surface area contributed by atoms with Gasteiger partial charge in [-0.05, 0) is 84.2 Å². The van der Waals surface area contributed by atoms with Crippen LogP contribution in [0.25, 0.3) is 5.57 Å². The maximum Gasteiger partial charge on any atom is 0.0685 e. The molecule has 0 radical (unpaired) electrons. The molecule has 0 saturated heterocycles. The summed E-state index contributed by atoms with van der Waals surface area (Å²) in [6, 6.07) is 8.24. The first-order valence-corrected chi connectivity index (χ1v) is 11.7. The van der Waals surface area contributed by atoms with E-state index in [-0.39, 0.29) is 13.2 Å². The van der Waals surface area contributed by atoms with Gasteiger partial charge < -0.3 is 15.3 Å². The van der Waals surface area contributed by atoms with Crippen LogP contribution in [0.5, 0.6) is 0 Å². The van der Waals surface area contributed by atoms with Crippen molar-refractivity contribution in [2.24, 2.45) is 0 Å². The number of allylic oxidation sites excluding steroid dienone is 2. The molecule has 0 unspecified atom stereocenters. The van der Waals surface area contributed by atoms with Crippen LogP contribution in [-0.4, -0.2) is 20.9 Å². The Morgan fingerprint density at radius 2 is 1.72 bits per heavy atom. The topological polar surface area (TPSA) is 60.7 Å². The first kappa shape index (κ1) is 23.8. The molecule has 1 aromatic heterocycles. The van der Waals surface area contributed by atoms with Crippen molar-refractivity contribution < 1.29 is 15.3 Å². The highest BCUT2D eigenvalue weighted by Gasteiger charge is 2.20. The second kappa shape index (κ2) is 11.7. The van der Waals surface area contributed by atoms with E-state index in [2.05, 4.69) is 38.3 Å². The highest BCUT2D eigenvalue weighted by molar-refractivity contribution is 7.10. The molecule has 160 valence electrons. The Labute approximate surface area is 179 Å². The molecule has 0 aliphatic carbocycles. The summed E-state index contributed by atoms with van der Waals surface area (Å²) in [4.78, 5) is 1.36. The van der Waals surface area contributed by atoms with Gasteiger partial charge in [0.25, 0.3) is 0 Å². The standard InChI is InChI=1S/C25H36O3S/c1-4-20(8-7-13-25(28,5-2)6-3)23-15-24(29-18-23)12-10-19-9-11-21(16-26)22(14-19)17-27/h8-9,11,14-15,18,26-28H,4-7,10,12-13,16-17H2,1-3H3/b20-8+. The molecule has 4 heteroatoms. The molecule has 3 N–H and O–H groups in total. The van der Waals surface area contributed by atoms with Gasteiger partial charge in [0.2, 0.25) is 0 Å². The van der Waals surface area contributed by atoms with Crippen LogP contribution in [0.15, 0.2) is 35.7 Å². The molecule has 1 heterocycles. The minimum Gasteiger partial charge on any atom is -0.392 e. The zero-order valence-electron chi connectivity index (χ0n) is 18.1. The number of benzene rings is 1. The first-order chi connectivity index (χ1) is 14.0. The summed E-state index contributed by atoms with van der Waals surface area (Å²) in [7, 11) is 0. The van der Waals surface area contributed by atoms with Gasteiger partial charge in [0.1, 0.15) is 0 Å². The second-order valence-corrected chi connectivity index (χ2v) is 8.77. The van der Waals surface area contributed by atoms with Crippen molar-refractivity contribution in [2.45, 2.75) is 84.5 Å². The summed E-state index contributed by atoms with van der Waals surface area (Å²) in [5.41, 5.74) is 4.92. The Morgan fingerprint density at radius 1 is 1.00 bits per heavy atom. The molecule has 0 spiro atoms. The summed E-state index contributed by atoms with van der Waals surface area (Å²) in [5.74, 6) is 0. The van der Waals surface area contributed by atoms with Gasteiger partial charge in [-0.2, -0.15) is 0 Å². The molecule has 0 saturated carbocycles. The van der Waals surface area contributed by atoms with E-state index < -0.39 is 5.60 Å². The second-order valence-electron chi connectivity index (χ2n) is 7.77. The van der Waals surface area contributed by atoms with Crippen LogP contribution < -0.4 is 0 Å². The molecule has 0 atom stereocenters. The van der Waals surface area contributed by atoms with Crippen molar-refractivity contribution >= 4 is 16.9 Å². The third-order valence-corrected chi connectivity index (χ3v) is 6.99. The summed E-state index contributed by atoms with van der Waals surface area (Å²) >= 11 is 1.80. The molecular weight excluding hydrogens is 380 g/mol. The lowest BCUT2D eigenvalue weighted by molar-refractivity contribution is 0.0246.